The maximum atomic E-state index is 13.1. The monoisotopic (exact) mass is 514 g/mol. The van der Waals surface area contributed by atoms with E-state index >= 15 is 0 Å². The molecule has 3 aromatic carbocycles. The van der Waals surface area contributed by atoms with Gasteiger partial charge in [0.05, 0.1) is 21.4 Å². The third kappa shape index (κ3) is 5.61. The SMILES string of the molecule is O=C1/C(=C/c2ccc(OCc3ccc([N+](=O)[O-])cc3)c(Cl)c2)SC(=S)N1Cc1ccc(F)cc1. The van der Waals surface area contributed by atoms with Crippen LogP contribution in [0.15, 0.2) is 71.6 Å². The molecule has 1 aliphatic heterocycles. The van der Waals surface area contributed by atoms with Crippen LogP contribution in [0.4, 0.5) is 10.1 Å². The van der Waals surface area contributed by atoms with Gasteiger partial charge in [0.15, 0.2) is 0 Å². The van der Waals surface area contributed by atoms with Crippen LogP contribution in [0.3, 0.4) is 0 Å². The van der Waals surface area contributed by atoms with Crippen LogP contribution in [0.5, 0.6) is 5.75 Å². The summed E-state index contributed by atoms with van der Waals surface area (Å²) < 4.78 is 19.3. The molecule has 0 saturated carbocycles. The molecule has 34 heavy (non-hydrogen) atoms. The number of carbonyl (C=O) groups is 1. The van der Waals surface area contributed by atoms with Gasteiger partial charge in [-0.05, 0) is 59.2 Å². The summed E-state index contributed by atoms with van der Waals surface area (Å²) in [7, 11) is 0. The van der Waals surface area contributed by atoms with E-state index in [1.165, 1.54) is 40.9 Å². The highest BCUT2D eigenvalue weighted by molar-refractivity contribution is 8.26. The highest BCUT2D eigenvalue weighted by atomic mass is 35.5. The van der Waals surface area contributed by atoms with E-state index < -0.39 is 4.92 Å². The van der Waals surface area contributed by atoms with Crippen molar-refractivity contribution in [2.24, 2.45) is 0 Å². The van der Waals surface area contributed by atoms with Crippen LogP contribution < -0.4 is 4.74 Å². The predicted octanol–water partition coefficient (Wildman–Crippen LogP) is 6.37. The lowest BCUT2D eigenvalue weighted by Gasteiger charge is -2.14. The molecule has 10 heteroatoms. The Morgan fingerprint density at radius 2 is 1.76 bits per heavy atom. The van der Waals surface area contributed by atoms with E-state index in [2.05, 4.69) is 0 Å². The summed E-state index contributed by atoms with van der Waals surface area (Å²) in [6.07, 6.45) is 1.70. The van der Waals surface area contributed by atoms with E-state index in [0.29, 0.717) is 25.6 Å². The molecule has 0 aromatic heterocycles. The number of rotatable bonds is 7. The second-order valence-corrected chi connectivity index (χ2v) is 9.38. The van der Waals surface area contributed by atoms with Gasteiger partial charge < -0.3 is 4.74 Å². The third-order valence-corrected chi connectivity index (χ3v) is 6.60. The number of hydrogen-bond donors (Lipinski definition) is 0. The quantitative estimate of drug-likeness (QED) is 0.158. The second-order valence-electron chi connectivity index (χ2n) is 7.30. The van der Waals surface area contributed by atoms with Crippen LogP contribution in [0.2, 0.25) is 5.02 Å². The lowest BCUT2D eigenvalue weighted by molar-refractivity contribution is -0.384. The molecule has 172 valence electrons. The first-order chi connectivity index (χ1) is 16.3. The summed E-state index contributed by atoms with van der Waals surface area (Å²) >= 11 is 12.9. The van der Waals surface area contributed by atoms with Crippen molar-refractivity contribution < 1.29 is 18.8 Å². The standard InChI is InChI=1S/C24H16ClFN2O4S2/c25-20-11-17(5-10-21(20)32-14-16-3-8-19(9-4-16)28(30)31)12-22-23(29)27(24(33)34-22)13-15-1-6-18(26)7-2-15/h1-12H,13-14H2/b22-12-. The van der Waals surface area contributed by atoms with Crippen molar-refractivity contribution >= 4 is 57.6 Å². The summed E-state index contributed by atoms with van der Waals surface area (Å²) in [5.41, 5.74) is 2.25. The summed E-state index contributed by atoms with van der Waals surface area (Å²) in [6, 6.07) is 17.1. The van der Waals surface area contributed by atoms with Gasteiger partial charge in [0.25, 0.3) is 11.6 Å². The van der Waals surface area contributed by atoms with Gasteiger partial charge in [0.2, 0.25) is 0 Å². The normalized spacial score (nSPS) is 14.6. The van der Waals surface area contributed by atoms with Crippen LogP contribution in [0.1, 0.15) is 16.7 Å². The van der Waals surface area contributed by atoms with E-state index in [9.17, 15) is 19.3 Å². The smallest absolute Gasteiger partial charge is 0.269 e. The molecule has 1 saturated heterocycles. The first kappa shape index (κ1) is 23.9. The number of carbonyl (C=O) groups excluding carboxylic acids is 1. The number of nitro groups is 1. The van der Waals surface area contributed by atoms with Crippen molar-refractivity contribution in [3.63, 3.8) is 0 Å². The summed E-state index contributed by atoms with van der Waals surface area (Å²) in [4.78, 5) is 25.1. The molecule has 0 atom stereocenters. The zero-order valence-corrected chi connectivity index (χ0v) is 19.8. The molecule has 4 rings (SSSR count). The Labute approximate surface area is 209 Å². The Bertz CT molecular complexity index is 1300. The molecule has 1 fully saturated rings. The second kappa shape index (κ2) is 10.3. The van der Waals surface area contributed by atoms with Crippen molar-refractivity contribution in [1.82, 2.24) is 4.90 Å². The zero-order chi connectivity index (χ0) is 24.2. The van der Waals surface area contributed by atoms with Gasteiger partial charge in [0.1, 0.15) is 22.5 Å². The summed E-state index contributed by atoms with van der Waals surface area (Å²) in [5.74, 6) is -0.124. The Kier molecular flexibility index (Phi) is 7.26. The number of non-ortho nitro benzene ring substituents is 1. The number of thioether (sulfide) groups is 1. The van der Waals surface area contributed by atoms with E-state index in [1.54, 1.807) is 48.5 Å². The molecular weight excluding hydrogens is 499 g/mol. The van der Waals surface area contributed by atoms with E-state index in [4.69, 9.17) is 28.6 Å². The molecule has 0 spiro atoms. The number of halogens is 2. The first-order valence-electron chi connectivity index (χ1n) is 9.95. The van der Waals surface area contributed by atoms with Crippen LogP contribution in [-0.4, -0.2) is 20.1 Å². The van der Waals surface area contributed by atoms with Crippen LogP contribution >= 0.6 is 35.6 Å². The number of benzene rings is 3. The van der Waals surface area contributed by atoms with Crippen LogP contribution in [-0.2, 0) is 17.9 Å². The minimum absolute atomic E-state index is 0.00853. The Balaban J connectivity index is 1.42. The molecule has 3 aromatic rings. The number of nitrogens with zero attached hydrogens (tertiary/aromatic N) is 2. The maximum Gasteiger partial charge on any atom is 0.269 e. The van der Waals surface area contributed by atoms with Gasteiger partial charge in [-0.15, -0.1) is 0 Å². The number of ether oxygens (including phenoxy) is 1. The average Bonchev–Trinajstić information content (AvgIpc) is 3.07. The highest BCUT2D eigenvalue weighted by Crippen LogP contribution is 2.35. The molecular formula is C24H16ClFN2O4S2. The molecule has 0 radical (unpaired) electrons. The number of thiocarbonyl (C=S) groups is 1. The van der Waals surface area contributed by atoms with Gasteiger partial charge in [-0.25, -0.2) is 4.39 Å². The van der Waals surface area contributed by atoms with Crippen molar-refractivity contribution in [1.29, 1.82) is 0 Å². The first-order valence-corrected chi connectivity index (χ1v) is 11.6. The molecule has 1 aliphatic rings. The average molecular weight is 515 g/mol. The zero-order valence-electron chi connectivity index (χ0n) is 17.4. The van der Waals surface area contributed by atoms with Crippen LogP contribution in [0, 0.1) is 15.9 Å². The number of amides is 1. The third-order valence-electron chi connectivity index (χ3n) is 4.92. The topological polar surface area (TPSA) is 72.7 Å². The van der Waals surface area contributed by atoms with Gasteiger partial charge in [-0.3, -0.25) is 19.8 Å². The molecule has 0 bridgehead atoms. The largest absolute Gasteiger partial charge is 0.487 e. The highest BCUT2D eigenvalue weighted by Gasteiger charge is 2.32. The summed E-state index contributed by atoms with van der Waals surface area (Å²) in [6.45, 7) is 0.456. The van der Waals surface area contributed by atoms with E-state index in [-0.39, 0.29) is 30.6 Å². The molecule has 6 nitrogen and oxygen atoms in total. The Morgan fingerprint density at radius 3 is 2.41 bits per heavy atom. The van der Waals surface area contributed by atoms with Gasteiger partial charge in [-0.2, -0.15) is 0 Å². The predicted molar refractivity (Wildman–Crippen MR) is 134 cm³/mol. The van der Waals surface area contributed by atoms with Gasteiger partial charge >= 0.3 is 0 Å². The van der Waals surface area contributed by atoms with E-state index in [0.717, 1.165) is 11.1 Å². The van der Waals surface area contributed by atoms with Crippen molar-refractivity contribution in [2.75, 3.05) is 0 Å². The molecule has 0 N–H and O–H groups in total. The van der Waals surface area contributed by atoms with Gasteiger partial charge in [-0.1, -0.05) is 53.8 Å². The molecule has 1 heterocycles. The summed E-state index contributed by atoms with van der Waals surface area (Å²) in [5, 5.41) is 11.1. The van der Waals surface area contributed by atoms with Crippen LogP contribution in [0.25, 0.3) is 6.08 Å². The molecule has 1 amide bonds. The number of nitro benzene ring substituents is 1. The van der Waals surface area contributed by atoms with Crippen molar-refractivity contribution in [3.05, 3.63) is 109 Å². The fraction of sp³-hybridized carbons (Fsp3) is 0.0833. The lowest BCUT2D eigenvalue weighted by Crippen LogP contribution is -2.27. The van der Waals surface area contributed by atoms with Crippen molar-refractivity contribution in [3.8, 4) is 5.75 Å². The molecule has 0 unspecified atom stereocenters. The molecule has 0 aliphatic carbocycles. The van der Waals surface area contributed by atoms with Crippen molar-refractivity contribution in [2.45, 2.75) is 13.2 Å². The van der Waals surface area contributed by atoms with Gasteiger partial charge in [0, 0.05) is 12.1 Å². The Hall–Kier alpha value is -3.27. The minimum atomic E-state index is -0.461. The fourth-order valence-corrected chi connectivity index (χ4v) is 4.66. The lowest BCUT2D eigenvalue weighted by atomic mass is 10.2. The Morgan fingerprint density at radius 1 is 1.09 bits per heavy atom. The minimum Gasteiger partial charge on any atom is -0.487 e. The number of hydrogen-bond acceptors (Lipinski definition) is 6. The fourth-order valence-electron chi connectivity index (χ4n) is 3.16. The maximum absolute atomic E-state index is 13.1. The van der Waals surface area contributed by atoms with E-state index in [1.807, 2.05) is 0 Å².